The zero-order chi connectivity index (χ0) is 12.5. The number of aliphatic hydroxyl groups is 1. The van der Waals surface area contributed by atoms with E-state index in [1.165, 1.54) is 0 Å². The predicted molar refractivity (Wildman–Crippen MR) is 68.3 cm³/mol. The van der Waals surface area contributed by atoms with Crippen molar-refractivity contribution in [2.24, 2.45) is 0 Å². The van der Waals surface area contributed by atoms with Gasteiger partial charge in [-0.2, -0.15) is 0 Å². The summed E-state index contributed by atoms with van der Waals surface area (Å²) in [5, 5.41) is 12.8. The lowest BCUT2D eigenvalue weighted by molar-refractivity contribution is 0.0795. The molecule has 94 valence electrons. The van der Waals surface area contributed by atoms with Crippen molar-refractivity contribution in [1.82, 2.24) is 5.32 Å². The predicted octanol–water partition coefficient (Wildman–Crippen LogP) is 2.04. The smallest absolute Gasteiger partial charge is 0.231 e. The third kappa shape index (κ3) is 3.34. The van der Waals surface area contributed by atoms with Gasteiger partial charge in [0.25, 0.3) is 0 Å². The second kappa shape index (κ2) is 4.84. The second-order valence-corrected chi connectivity index (χ2v) is 5.57. The maximum atomic E-state index is 9.60. The largest absolute Gasteiger partial charge is 0.454 e. The summed E-state index contributed by atoms with van der Waals surface area (Å²) in [5.41, 5.74) is 0.376. The minimum absolute atomic E-state index is 0.280. The average molecular weight is 302 g/mol. The Morgan fingerprint density at radius 3 is 2.65 bits per heavy atom. The van der Waals surface area contributed by atoms with Crippen LogP contribution in [0.15, 0.2) is 16.6 Å². The molecule has 0 unspecified atom stereocenters. The molecule has 2 rings (SSSR count). The first kappa shape index (κ1) is 12.7. The molecule has 1 heterocycles. The molecule has 0 aliphatic carbocycles. The molecule has 5 heteroatoms. The van der Waals surface area contributed by atoms with Crippen molar-refractivity contribution in [3.05, 3.63) is 22.2 Å². The SMILES string of the molecule is CC(C)(O)CNCc1cc2c(cc1Br)OCO2. The number of hydrogen-bond acceptors (Lipinski definition) is 4. The monoisotopic (exact) mass is 301 g/mol. The highest BCUT2D eigenvalue weighted by Gasteiger charge is 2.17. The Kier molecular flexibility index (Phi) is 3.61. The summed E-state index contributed by atoms with van der Waals surface area (Å²) >= 11 is 3.49. The van der Waals surface area contributed by atoms with Gasteiger partial charge in [-0.15, -0.1) is 0 Å². The highest BCUT2D eigenvalue weighted by Crippen LogP contribution is 2.36. The van der Waals surface area contributed by atoms with E-state index in [2.05, 4.69) is 21.2 Å². The number of benzene rings is 1. The Labute approximate surface area is 109 Å². The van der Waals surface area contributed by atoms with Crippen LogP contribution in [0.5, 0.6) is 11.5 Å². The maximum Gasteiger partial charge on any atom is 0.231 e. The second-order valence-electron chi connectivity index (χ2n) is 4.71. The minimum Gasteiger partial charge on any atom is -0.454 e. The van der Waals surface area contributed by atoms with Crippen molar-refractivity contribution in [1.29, 1.82) is 0 Å². The fourth-order valence-corrected chi connectivity index (χ4v) is 2.06. The molecule has 0 atom stereocenters. The van der Waals surface area contributed by atoms with E-state index in [0.29, 0.717) is 13.1 Å². The van der Waals surface area contributed by atoms with Gasteiger partial charge < -0.3 is 19.9 Å². The van der Waals surface area contributed by atoms with E-state index in [4.69, 9.17) is 9.47 Å². The molecule has 1 aliphatic rings. The van der Waals surface area contributed by atoms with Gasteiger partial charge in [0.05, 0.1) is 5.60 Å². The fraction of sp³-hybridized carbons (Fsp3) is 0.500. The summed E-state index contributed by atoms with van der Waals surface area (Å²) in [5.74, 6) is 1.54. The quantitative estimate of drug-likeness (QED) is 0.893. The molecule has 17 heavy (non-hydrogen) atoms. The lowest BCUT2D eigenvalue weighted by atomic mass is 10.1. The topological polar surface area (TPSA) is 50.7 Å². The van der Waals surface area contributed by atoms with Gasteiger partial charge in [-0.25, -0.2) is 0 Å². The molecule has 0 radical (unpaired) electrons. The number of fused-ring (bicyclic) bond motifs is 1. The highest BCUT2D eigenvalue weighted by atomic mass is 79.9. The van der Waals surface area contributed by atoms with Crippen molar-refractivity contribution in [3.8, 4) is 11.5 Å². The van der Waals surface area contributed by atoms with Crippen LogP contribution < -0.4 is 14.8 Å². The summed E-state index contributed by atoms with van der Waals surface area (Å²) in [4.78, 5) is 0. The van der Waals surface area contributed by atoms with Crippen molar-refractivity contribution < 1.29 is 14.6 Å². The molecule has 0 saturated carbocycles. The first-order chi connectivity index (χ1) is 7.96. The summed E-state index contributed by atoms with van der Waals surface area (Å²) < 4.78 is 11.6. The zero-order valence-electron chi connectivity index (χ0n) is 9.92. The molecular weight excluding hydrogens is 286 g/mol. The number of halogens is 1. The van der Waals surface area contributed by atoms with Crippen LogP contribution in [0.1, 0.15) is 19.4 Å². The van der Waals surface area contributed by atoms with Crippen LogP contribution in [-0.2, 0) is 6.54 Å². The summed E-state index contributed by atoms with van der Waals surface area (Å²) in [6, 6.07) is 3.85. The third-order valence-electron chi connectivity index (χ3n) is 2.41. The third-order valence-corrected chi connectivity index (χ3v) is 3.15. The van der Waals surface area contributed by atoms with Crippen LogP contribution >= 0.6 is 15.9 Å². The van der Waals surface area contributed by atoms with Gasteiger partial charge in [-0.05, 0) is 31.5 Å². The molecule has 0 fully saturated rings. The molecule has 1 aliphatic heterocycles. The zero-order valence-corrected chi connectivity index (χ0v) is 11.5. The first-order valence-corrected chi connectivity index (χ1v) is 6.26. The van der Waals surface area contributed by atoms with Crippen molar-refractivity contribution in [2.45, 2.75) is 26.0 Å². The van der Waals surface area contributed by atoms with Crippen LogP contribution in [0.25, 0.3) is 0 Å². The van der Waals surface area contributed by atoms with E-state index in [0.717, 1.165) is 21.5 Å². The Bertz CT molecular complexity index is 415. The maximum absolute atomic E-state index is 9.60. The van der Waals surface area contributed by atoms with E-state index in [1.807, 2.05) is 12.1 Å². The van der Waals surface area contributed by atoms with Gasteiger partial charge in [0.1, 0.15) is 0 Å². The molecule has 2 N–H and O–H groups in total. The van der Waals surface area contributed by atoms with E-state index in [1.54, 1.807) is 13.8 Å². The summed E-state index contributed by atoms with van der Waals surface area (Å²) in [6.45, 7) is 5.03. The van der Waals surface area contributed by atoms with E-state index in [9.17, 15) is 5.11 Å². The Balaban J connectivity index is 2.02. The average Bonchev–Trinajstić information content (AvgIpc) is 2.63. The van der Waals surface area contributed by atoms with Gasteiger partial charge in [-0.3, -0.25) is 0 Å². The molecule has 1 aromatic rings. The normalized spacial score (nSPS) is 14.1. The summed E-state index contributed by atoms with van der Waals surface area (Å²) in [7, 11) is 0. The molecule has 0 saturated heterocycles. The lowest BCUT2D eigenvalue weighted by Crippen LogP contribution is -2.34. The number of ether oxygens (including phenoxy) is 2. The Morgan fingerprint density at radius 2 is 2.00 bits per heavy atom. The Morgan fingerprint density at radius 1 is 1.35 bits per heavy atom. The first-order valence-electron chi connectivity index (χ1n) is 5.47. The van der Waals surface area contributed by atoms with Crippen LogP contribution in [0, 0.1) is 0 Å². The van der Waals surface area contributed by atoms with Crippen LogP contribution in [0.2, 0.25) is 0 Å². The molecule has 4 nitrogen and oxygen atoms in total. The van der Waals surface area contributed by atoms with Gasteiger partial charge in [0.2, 0.25) is 6.79 Å². The number of rotatable bonds is 4. The van der Waals surface area contributed by atoms with Gasteiger partial charge in [0.15, 0.2) is 11.5 Å². The van der Waals surface area contributed by atoms with Gasteiger partial charge in [0, 0.05) is 17.6 Å². The van der Waals surface area contributed by atoms with E-state index in [-0.39, 0.29) is 6.79 Å². The molecule has 0 spiro atoms. The van der Waals surface area contributed by atoms with Gasteiger partial charge in [-0.1, -0.05) is 15.9 Å². The molecule has 1 aromatic carbocycles. The van der Waals surface area contributed by atoms with Crippen LogP contribution in [0.3, 0.4) is 0 Å². The number of nitrogens with one attached hydrogen (secondary N) is 1. The Hall–Kier alpha value is -0.780. The lowest BCUT2D eigenvalue weighted by Gasteiger charge is -2.18. The van der Waals surface area contributed by atoms with Gasteiger partial charge >= 0.3 is 0 Å². The molecule has 0 bridgehead atoms. The van der Waals surface area contributed by atoms with Crippen molar-refractivity contribution in [3.63, 3.8) is 0 Å². The fourth-order valence-electron chi connectivity index (χ4n) is 1.60. The molecule has 0 aromatic heterocycles. The number of hydrogen-bond donors (Lipinski definition) is 2. The molecule has 0 amide bonds. The van der Waals surface area contributed by atoms with E-state index >= 15 is 0 Å². The molecular formula is C12H16BrNO3. The standard InChI is InChI=1S/C12H16BrNO3/c1-12(2,15)6-14-5-8-3-10-11(4-9(8)13)17-7-16-10/h3-4,14-15H,5-7H2,1-2H3. The van der Waals surface area contributed by atoms with Crippen LogP contribution in [0.4, 0.5) is 0 Å². The highest BCUT2D eigenvalue weighted by molar-refractivity contribution is 9.10. The van der Waals surface area contributed by atoms with Crippen molar-refractivity contribution >= 4 is 15.9 Å². The van der Waals surface area contributed by atoms with Crippen molar-refractivity contribution in [2.75, 3.05) is 13.3 Å². The van der Waals surface area contributed by atoms with Crippen LogP contribution in [-0.4, -0.2) is 24.0 Å². The van der Waals surface area contributed by atoms with E-state index < -0.39 is 5.60 Å². The summed E-state index contributed by atoms with van der Waals surface area (Å²) in [6.07, 6.45) is 0. The minimum atomic E-state index is -0.706.